The number of nitrogens with zero attached hydrogens (tertiary/aromatic N) is 3. The van der Waals surface area contributed by atoms with E-state index in [1.54, 1.807) is 6.07 Å². The third-order valence-corrected chi connectivity index (χ3v) is 3.20. The predicted octanol–water partition coefficient (Wildman–Crippen LogP) is 3.30. The minimum Gasteiger partial charge on any atom is -0.309 e. The van der Waals surface area contributed by atoms with Crippen LogP contribution in [-0.2, 0) is 4.79 Å². The normalized spacial score (nSPS) is 10.5. The molecule has 0 unspecified atom stereocenters. The zero-order chi connectivity index (χ0) is 17.3. The fourth-order valence-electron chi connectivity index (χ4n) is 1.72. The number of benzene rings is 1. The maximum absolute atomic E-state index is 14.0. The number of halogens is 5. The van der Waals surface area contributed by atoms with Crippen LogP contribution in [0, 0.1) is 34.6 Å². The molecule has 1 heterocycles. The van der Waals surface area contributed by atoms with Gasteiger partial charge in [0, 0.05) is 6.42 Å². The van der Waals surface area contributed by atoms with Crippen molar-refractivity contribution in [3.05, 3.63) is 40.1 Å². The maximum Gasteiger partial charge on any atom is 0.225 e. The molecule has 10 heteroatoms. The molecule has 1 N–H and O–H groups in total. The Labute approximate surface area is 132 Å². The summed E-state index contributed by atoms with van der Waals surface area (Å²) in [6, 6.07) is 1.64. The van der Waals surface area contributed by atoms with Gasteiger partial charge in [0.1, 0.15) is 22.3 Å². The quantitative estimate of drug-likeness (QED) is 0.526. The van der Waals surface area contributed by atoms with Crippen LogP contribution in [0.15, 0.2) is 6.20 Å². The zero-order valence-corrected chi connectivity index (χ0v) is 12.2. The molecule has 1 aromatic heterocycles. The highest BCUT2D eigenvalue weighted by molar-refractivity contribution is 6.31. The van der Waals surface area contributed by atoms with Crippen LogP contribution in [0.25, 0.3) is 5.69 Å². The summed E-state index contributed by atoms with van der Waals surface area (Å²) in [4.78, 5) is 11.5. The van der Waals surface area contributed by atoms with Crippen LogP contribution in [0.3, 0.4) is 0 Å². The summed E-state index contributed by atoms with van der Waals surface area (Å²) < 4.78 is 55.5. The lowest BCUT2D eigenvalue weighted by Crippen LogP contribution is -2.17. The number of aromatic nitrogens is 2. The van der Waals surface area contributed by atoms with Crippen LogP contribution in [0.2, 0.25) is 5.02 Å². The van der Waals surface area contributed by atoms with E-state index < -0.39 is 45.7 Å². The van der Waals surface area contributed by atoms with Gasteiger partial charge in [-0.05, 0) is 0 Å². The number of carbonyl (C=O) groups is 1. The van der Waals surface area contributed by atoms with Crippen molar-refractivity contribution < 1.29 is 22.4 Å². The van der Waals surface area contributed by atoms with E-state index in [1.807, 2.05) is 0 Å². The van der Waals surface area contributed by atoms with Gasteiger partial charge in [-0.2, -0.15) is 10.4 Å². The third-order valence-electron chi connectivity index (χ3n) is 2.87. The Morgan fingerprint density at radius 1 is 1.30 bits per heavy atom. The van der Waals surface area contributed by atoms with Crippen LogP contribution in [-0.4, -0.2) is 15.7 Å². The minimum absolute atomic E-state index is 0.00957. The molecule has 0 aliphatic carbocycles. The van der Waals surface area contributed by atoms with Crippen molar-refractivity contribution in [2.24, 2.45) is 0 Å². The molecule has 0 saturated heterocycles. The van der Waals surface area contributed by atoms with E-state index in [4.69, 9.17) is 16.9 Å². The highest BCUT2D eigenvalue weighted by atomic mass is 35.5. The van der Waals surface area contributed by atoms with E-state index >= 15 is 0 Å². The Morgan fingerprint density at radius 3 is 2.35 bits per heavy atom. The molecule has 1 amide bonds. The number of hydrogen-bond acceptors (Lipinski definition) is 3. The summed E-state index contributed by atoms with van der Waals surface area (Å²) in [7, 11) is 0. The van der Waals surface area contributed by atoms with Gasteiger partial charge in [-0.3, -0.25) is 4.79 Å². The first-order valence-electron chi connectivity index (χ1n) is 6.13. The molecule has 5 nitrogen and oxygen atoms in total. The van der Waals surface area contributed by atoms with Gasteiger partial charge < -0.3 is 5.32 Å². The van der Waals surface area contributed by atoms with Crippen molar-refractivity contribution in [2.75, 3.05) is 5.32 Å². The van der Waals surface area contributed by atoms with E-state index in [2.05, 4.69) is 10.4 Å². The Balaban J connectivity index is 2.76. The second-order valence-electron chi connectivity index (χ2n) is 4.25. The number of nitrogens with one attached hydrogen (secondary N) is 1. The van der Waals surface area contributed by atoms with Gasteiger partial charge in [-0.15, -0.1) is 0 Å². The molecule has 0 saturated carbocycles. The first kappa shape index (κ1) is 16.8. The number of carbonyl (C=O) groups excluding carboxylic acids is 1. The molecule has 0 bridgehead atoms. The highest BCUT2D eigenvalue weighted by Gasteiger charge is 2.28. The second-order valence-corrected chi connectivity index (χ2v) is 4.63. The molecule has 120 valence electrons. The standard InChI is InChI=1S/C13H7ClF4N4O/c1-2-6(23)21-13-5(3-19)4-20-22(13)12-10(17)8(15)7(14)9(16)11(12)18/h4H,2H2,1H3,(H,21,23). The SMILES string of the molecule is CCC(=O)Nc1c(C#N)cnn1-c1c(F)c(F)c(Cl)c(F)c1F. The smallest absolute Gasteiger partial charge is 0.225 e. The molecule has 0 atom stereocenters. The van der Waals surface area contributed by atoms with Crippen LogP contribution in [0.1, 0.15) is 18.9 Å². The average Bonchev–Trinajstić information content (AvgIpc) is 2.93. The van der Waals surface area contributed by atoms with E-state index in [0.717, 1.165) is 6.20 Å². The largest absolute Gasteiger partial charge is 0.309 e. The fourth-order valence-corrected chi connectivity index (χ4v) is 1.89. The third kappa shape index (κ3) is 2.73. The molecule has 0 aliphatic rings. The lowest BCUT2D eigenvalue weighted by atomic mass is 10.2. The highest BCUT2D eigenvalue weighted by Crippen LogP contribution is 2.32. The summed E-state index contributed by atoms with van der Waals surface area (Å²) in [6.45, 7) is 1.49. The van der Waals surface area contributed by atoms with Gasteiger partial charge in [0.2, 0.25) is 5.91 Å². The van der Waals surface area contributed by atoms with E-state index in [0.29, 0.717) is 4.68 Å². The molecule has 23 heavy (non-hydrogen) atoms. The first-order valence-corrected chi connectivity index (χ1v) is 6.51. The van der Waals surface area contributed by atoms with Crippen LogP contribution >= 0.6 is 11.6 Å². The van der Waals surface area contributed by atoms with Crippen molar-refractivity contribution in [3.8, 4) is 11.8 Å². The molecule has 2 rings (SSSR count). The first-order chi connectivity index (χ1) is 10.8. The monoisotopic (exact) mass is 346 g/mol. The Kier molecular flexibility index (Phi) is 4.56. The summed E-state index contributed by atoms with van der Waals surface area (Å²) in [5, 5.41) is 13.3. The molecule has 0 spiro atoms. The number of anilines is 1. The fraction of sp³-hybridized carbons (Fsp3) is 0.154. The molecular formula is C13H7ClF4N4O. The molecule has 1 aromatic carbocycles. The van der Waals surface area contributed by atoms with Gasteiger partial charge in [0.15, 0.2) is 29.1 Å². The Hall–Kier alpha value is -2.60. The Bertz CT molecular complexity index is 814. The van der Waals surface area contributed by atoms with Gasteiger partial charge >= 0.3 is 0 Å². The summed E-state index contributed by atoms with van der Waals surface area (Å²) >= 11 is 5.14. The predicted molar refractivity (Wildman–Crippen MR) is 72.0 cm³/mol. The molecule has 0 fully saturated rings. The summed E-state index contributed by atoms with van der Waals surface area (Å²) in [5.41, 5.74) is -1.49. The Morgan fingerprint density at radius 2 is 1.87 bits per heavy atom. The van der Waals surface area contributed by atoms with Gasteiger partial charge in [-0.1, -0.05) is 18.5 Å². The van der Waals surface area contributed by atoms with E-state index in [-0.39, 0.29) is 12.0 Å². The zero-order valence-electron chi connectivity index (χ0n) is 11.4. The van der Waals surface area contributed by atoms with Crippen LogP contribution in [0.4, 0.5) is 23.4 Å². The molecule has 2 aromatic rings. The average molecular weight is 347 g/mol. The van der Waals surface area contributed by atoms with Gasteiger partial charge in [0.05, 0.1) is 6.20 Å². The molecular weight excluding hydrogens is 340 g/mol. The van der Waals surface area contributed by atoms with Gasteiger partial charge in [-0.25, -0.2) is 22.2 Å². The number of hydrogen-bond donors (Lipinski definition) is 1. The lowest BCUT2D eigenvalue weighted by molar-refractivity contribution is -0.115. The van der Waals surface area contributed by atoms with Crippen LogP contribution < -0.4 is 5.32 Å². The molecule has 0 radical (unpaired) electrons. The van der Waals surface area contributed by atoms with Crippen molar-refractivity contribution in [1.29, 1.82) is 5.26 Å². The number of nitriles is 1. The van der Waals surface area contributed by atoms with Crippen molar-refractivity contribution in [1.82, 2.24) is 9.78 Å². The molecule has 0 aliphatic heterocycles. The number of amides is 1. The lowest BCUT2D eigenvalue weighted by Gasteiger charge is -2.12. The maximum atomic E-state index is 14.0. The minimum atomic E-state index is -1.82. The van der Waals surface area contributed by atoms with Crippen LogP contribution in [0.5, 0.6) is 0 Å². The van der Waals surface area contributed by atoms with Gasteiger partial charge in [0.25, 0.3) is 0 Å². The van der Waals surface area contributed by atoms with Crippen molar-refractivity contribution >= 4 is 23.3 Å². The summed E-state index contributed by atoms with van der Waals surface area (Å²) in [5.74, 6) is -8.27. The topological polar surface area (TPSA) is 70.7 Å². The second kappa shape index (κ2) is 6.26. The number of rotatable bonds is 3. The van der Waals surface area contributed by atoms with Crippen molar-refractivity contribution in [2.45, 2.75) is 13.3 Å². The van der Waals surface area contributed by atoms with E-state index in [9.17, 15) is 22.4 Å². The van der Waals surface area contributed by atoms with Crippen molar-refractivity contribution in [3.63, 3.8) is 0 Å². The summed E-state index contributed by atoms with van der Waals surface area (Å²) in [6.07, 6.45) is 0.874. The van der Waals surface area contributed by atoms with E-state index in [1.165, 1.54) is 6.92 Å².